The van der Waals surface area contributed by atoms with Gasteiger partial charge in [-0.2, -0.15) is 0 Å². The zero-order valence-electron chi connectivity index (χ0n) is 14.1. The predicted molar refractivity (Wildman–Crippen MR) is 96.9 cm³/mol. The average molecular weight is 372 g/mol. The number of thioether (sulfide) groups is 1. The summed E-state index contributed by atoms with van der Waals surface area (Å²) in [6, 6.07) is 15.1. The third kappa shape index (κ3) is 4.40. The summed E-state index contributed by atoms with van der Waals surface area (Å²) in [6.07, 6.45) is 1.88. The van der Waals surface area contributed by atoms with Gasteiger partial charge in [0.1, 0.15) is 11.6 Å². The van der Waals surface area contributed by atoms with E-state index in [-0.39, 0.29) is 24.9 Å². The minimum Gasteiger partial charge on any atom is -0.484 e. The zero-order valence-corrected chi connectivity index (χ0v) is 14.9. The van der Waals surface area contributed by atoms with Crippen LogP contribution in [0.15, 0.2) is 59.8 Å². The SMILES string of the molecule is CSc1nnc(CNC(=O)COc2ccccc2)n1-c1ccc(F)cc1. The van der Waals surface area contributed by atoms with Crippen LogP contribution in [0.5, 0.6) is 5.75 Å². The normalized spacial score (nSPS) is 10.5. The molecule has 3 rings (SSSR count). The van der Waals surface area contributed by atoms with Crippen LogP contribution in [0.25, 0.3) is 5.69 Å². The molecule has 0 aliphatic heterocycles. The quantitative estimate of drug-likeness (QED) is 0.646. The number of carbonyl (C=O) groups is 1. The summed E-state index contributed by atoms with van der Waals surface area (Å²) in [6.45, 7) is 0.0893. The number of aromatic nitrogens is 3. The molecule has 26 heavy (non-hydrogen) atoms. The van der Waals surface area contributed by atoms with Crippen LogP contribution in [0.1, 0.15) is 5.82 Å². The molecule has 8 heteroatoms. The number of para-hydroxylation sites is 1. The van der Waals surface area contributed by atoms with Gasteiger partial charge in [-0.25, -0.2) is 4.39 Å². The Hall–Kier alpha value is -2.87. The second-order valence-corrected chi connectivity index (χ2v) is 6.07. The number of benzene rings is 2. The van der Waals surface area contributed by atoms with Crippen molar-refractivity contribution in [2.24, 2.45) is 0 Å². The number of halogens is 1. The monoisotopic (exact) mass is 372 g/mol. The molecule has 0 radical (unpaired) electrons. The summed E-state index contributed by atoms with van der Waals surface area (Å²) >= 11 is 1.42. The maximum Gasteiger partial charge on any atom is 0.258 e. The molecule has 0 atom stereocenters. The summed E-state index contributed by atoms with van der Waals surface area (Å²) in [5.41, 5.74) is 0.727. The third-order valence-corrected chi connectivity index (χ3v) is 4.15. The first-order chi connectivity index (χ1) is 12.7. The van der Waals surface area contributed by atoms with E-state index in [2.05, 4.69) is 15.5 Å². The van der Waals surface area contributed by atoms with Crippen LogP contribution >= 0.6 is 11.8 Å². The van der Waals surface area contributed by atoms with Crippen molar-refractivity contribution in [3.8, 4) is 11.4 Å². The van der Waals surface area contributed by atoms with Crippen LogP contribution in [0.4, 0.5) is 4.39 Å². The van der Waals surface area contributed by atoms with Gasteiger partial charge in [0.25, 0.3) is 5.91 Å². The topological polar surface area (TPSA) is 69.0 Å². The maximum absolute atomic E-state index is 13.2. The average Bonchev–Trinajstić information content (AvgIpc) is 3.09. The van der Waals surface area contributed by atoms with Crippen molar-refractivity contribution in [3.63, 3.8) is 0 Å². The van der Waals surface area contributed by atoms with Crippen LogP contribution in [-0.4, -0.2) is 33.5 Å². The van der Waals surface area contributed by atoms with Gasteiger partial charge < -0.3 is 10.1 Å². The molecule has 134 valence electrons. The Morgan fingerprint density at radius 2 is 1.88 bits per heavy atom. The van der Waals surface area contributed by atoms with Crippen LogP contribution in [-0.2, 0) is 11.3 Å². The molecule has 0 bridgehead atoms. The van der Waals surface area contributed by atoms with Gasteiger partial charge in [-0.1, -0.05) is 30.0 Å². The molecule has 1 aromatic heterocycles. The molecule has 0 fully saturated rings. The van der Waals surface area contributed by atoms with Crippen molar-refractivity contribution >= 4 is 17.7 Å². The van der Waals surface area contributed by atoms with E-state index in [1.54, 1.807) is 28.8 Å². The fourth-order valence-electron chi connectivity index (χ4n) is 2.29. The van der Waals surface area contributed by atoms with E-state index in [1.165, 1.54) is 23.9 Å². The summed E-state index contributed by atoms with van der Waals surface area (Å²) in [5.74, 6) is 0.587. The highest BCUT2D eigenvalue weighted by Crippen LogP contribution is 2.20. The van der Waals surface area contributed by atoms with Gasteiger partial charge in [0.15, 0.2) is 17.6 Å². The molecule has 0 aliphatic carbocycles. The van der Waals surface area contributed by atoms with E-state index in [0.717, 1.165) is 5.69 Å². The van der Waals surface area contributed by atoms with E-state index in [9.17, 15) is 9.18 Å². The molecule has 3 aromatic rings. The number of hydrogen-bond acceptors (Lipinski definition) is 5. The minimum absolute atomic E-state index is 0.0932. The number of rotatable bonds is 7. The van der Waals surface area contributed by atoms with Gasteiger partial charge in [-0.15, -0.1) is 10.2 Å². The largest absolute Gasteiger partial charge is 0.484 e. The molecule has 1 N–H and O–H groups in total. The molecule has 1 amide bonds. The van der Waals surface area contributed by atoms with E-state index >= 15 is 0 Å². The number of hydrogen-bond donors (Lipinski definition) is 1. The minimum atomic E-state index is -0.319. The third-order valence-electron chi connectivity index (χ3n) is 3.52. The van der Waals surface area contributed by atoms with Crippen molar-refractivity contribution in [3.05, 3.63) is 66.2 Å². The van der Waals surface area contributed by atoms with Crippen LogP contribution in [0, 0.1) is 5.82 Å². The Kier molecular flexibility index (Phi) is 5.85. The second-order valence-electron chi connectivity index (χ2n) is 5.29. The lowest BCUT2D eigenvalue weighted by atomic mass is 10.3. The molecule has 0 spiro atoms. The van der Waals surface area contributed by atoms with Gasteiger partial charge in [0.2, 0.25) is 0 Å². The van der Waals surface area contributed by atoms with E-state index in [4.69, 9.17) is 4.74 Å². The smallest absolute Gasteiger partial charge is 0.258 e. The highest BCUT2D eigenvalue weighted by atomic mass is 32.2. The zero-order chi connectivity index (χ0) is 18.4. The molecule has 1 heterocycles. The Labute approximate surface area is 154 Å². The fraction of sp³-hybridized carbons (Fsp3) is 0.167. The van der Waals surface area contributed by atoms with Gasteiger partial charge in [0.05, 0.1) is 6.54 Å². The summed E-state index contributed by atoms with van der Waals surface area (Å²) < 4.78 is 20.4. The highest BCUT2D eigenvalue weighted by molar-refractivity contribution is 7.98. The van der Waals surface area contributed by atoms with Crippen molar-refractivity contribution in [1.29, 1.82) is 0 Å². The highest BCUT2D eigenvalue weighted by Gasteiger charge is 2.14. The molecule has 2 aromatic carbocycles. The second kappa shape index (κ2) is 8.48. The van der Waals surface area contributed by atoms with Crippen LogP contribution in [0.3, 0.4) is 0 Å². The van der Waals surface area contributed by atoms with Gasteiger partial charge in [-0.05, 0) is 42.7 Å². The summed E-state index contributed by atoms with van der Waals surface area (Å²) in [5, 5.41) is 11.6. The summed E-state index contributed by atoms with van der Waals surface area (Å²) in [4.78, 5) is 12.0. The first kappa shape index (κ1) is 17.9. The number of nitrogens with zero attached hydrogens (tertiary/aromatic N) is 3. The van der Waals surface area contributed by atoms with Crippen molar-refractivity contribution in [2.75, 3.05) is 12.9 Å². The number of carbonyl (C=O) groups excluding carboxylic acids is 1. The molecule has 0 saturated heterocycles. The summed E-state index contributed by atoms with van der Waals surface area (Å²) in [7, 11) is 0. The molecular weight excluding hydrogens is 355 g/mol. The van der Waals surface area contributed by atoms with Crippen molar-refractivity contribution in [2.45, 2.75) is 11.7 Å². The van der Waals surface area contributed by atoms with Crippen molar-refractivity contribution < 1.29 is 13.9 Å². The number of amides is 1. The van der Waals surface area contributed by atoms with Crippen LogP contribution < -0.4 is 10.1 Å². The van der Waals surface area contributed by atoms with Gasteiger partial charge in [-0.3, -0.25) is 9.36 Å². The fourth-order valence-corrected chi connectivity index (χ4v) is 2.81. The number of nitrogens with one attached hydrogen (secondary N) is 1. The number of ether oxygens (including phenoxy) is 1. The maximum atomic E-state index is 13.2. The van der Waals surface area contributed by atoms with E-state index in [0.29, 0.717) is 16.7 Å². The molecule has 0 saturated carbocycles. The Balaban J connectivity index is 1.65. The lowest BCUT2D eigenvalue weighted by Crippen LogP contribution is -2.29. The Morgan fingerprint density at radius 3 is 2.58 bits per heavy atom. The van der Waals surface area contributed by atoms with Crippen molar-refractivity contribution in [1.82, 2.24) is 20.1 Å². The van der Waals surface area contributed by atoms with E-state index < -0.39 is 0 Å². The molecular formula is C18H17FN4O2S. The van der Waals surface area contributed by atoms with Gasteiger partial charge >= 0.3 is 0 Å². The molecule has 6 nitrogen and oxygen atoms in total. The van der Waals surface area contributed by atoms with Crippen LogP contribution in [0.2, 0.25) is 0 Å². The Morgan fingerprint density at radius 1 is 1.15 bits per heavy atom. The first-order valence-electron chi connectivity index (χ1n) is 7.86. The van der Waals surface area contributed by atoms with E-state index in [1.807, 2.05) is 24.5 Å². The lowest BCUT2D eigenvalue weighted by molar-refractivity contribution is -0.123. The molecule has 0 aliphatic rings. The lowest BCUT2D eigenvalue weighted by Gasteiger charge is -2.10. The predicted octanol–water partition coefficient (Wildman–Crippen LogP) is 2.82. The standard InChI is InChI=1S/C18H17FN4O2S/c1-26-18-22-21-16(23(18)14-9-7-13(19)8-10-14)11-20-17(24)12-25-15-5-3-2-4-6-15/h2-10H,11-12H2,1H3,(H,20,24). The Bertz CT molecular complexity index is 869. The molecule has 0 unspecified atom stereocenters. The first-order valence-corrected chi connectivity index (χ1v) is 9.08. The van der Waals surface area contributed by atoms with Gasteiger partial charge in [0, 0.05) is 5.69 Å².